The van der Waals surface area contributed by atoms with E-state index in [4.69, 9.17) is 0 Å². The molecule has 0 aliphatic rings. The molecule has 2 rings (SSSR count). The van der Waals surface area contributed by atoms with Crippen LogP contribution in [-0.2, 0) is 12.0 Å². The van der Waals surface area contributed by atoms with Crippen LogP contribution in [0.3, 0.4) is 0 Å². The second-order valence-corrected chi connectivity index (χ2v) is 5.20. The van der Waals surface area contributed by atoms with Crippen LogP contribution in [0.4, 0.5) is 4.39 Å². The summed E-state index contributed by atoms with van der Waals surface area (Å²) in [4.78, 5) is 0. The predicted octanol–water partition coefficient (Wildman–Crippen LogP) is 3.05. The molecule has 0 bridgehead atoms. The standard InChI is InChI=1S/C15H19FN2O/c1-4-18-13(9-10-17-18)14(19)15(2,3)11-5-7-12(16)8-6-11/h5-10,14,19H,4H2,1-3H3. The van der Waals surface area contributed by atoms with E-state index >= 15 is 0 Å². The SMILES string of the molecule is CCn1nccc1C(O)C(C)(C)c1ccc(F)cc1. The Kier molecular flexibility index (Phi) is 3.71. The predicted molar refractivity (Wildman–Crippen MR) is 72.3 cm³/mol. The van der Waals surface area contributed by atoms with Crippen LogP contribution < -0.4 is 0 Å². The van der Waals surface area contributed by atoms with Crippen LogP contribution in [-0.4, -0.2) is 14.9 Å². The summed E-state index contributed by atoms with van der Waals surface area (Å²) < 4.78 is 14.8. The molecule has 1 heterocycles. The highest BCUT2D eigenvalue weighted by atomic mass is 19.1. The van der Waals surface area contributed by atoms with E-state index in [-0.39, 0.29) is 5.82 Å². The third-order valence-corrected chi connectivity index (χ3v) is 3.60. The van der Waals surface area contributed by atoms with Gasteiger partial charge in [0.15, 0.2) is 0 Å². The summed E-state index contributed by atoms with van der Waals surface area (Å²) in [6, 6.07) is 8.08. The van der Waals surface area contributed by atoms with Crippen LogP contribution in [0.2, 0.25) is 0 Å². The fourth-order valence-electron chi connectivity index (χ4n) is 2.25. The van der Waals surface area contributed by atoms with Crippen LogP contribution >= 0.6 is 0 Å². The van der Waals surface area contributed by atoms with E-state index in [1.807, 2.05) is 26.8 Å². The Morgan fingerprint density at radius 3 is 2.47 bits per heavy atom. The van der Waals surface area contributed by atoms with E-state index in [1.165, 1.54) is 12.1 Å². The Hall–Kier alpha value is -1.68. The van der Waals surface area contributed by atoms with Crippen LogP contribution in [0.15, 0.2) is 36.5 Å². The Balaban J connectivity index is 2.36. The van der Waals surface area contributed by atoms with Crippen LogP contribution in [0.25, 0.3) is 0 Å². The summed E-state index contributed by atoms with van der Waals surface area (Å²) in [7, 11) is 0. The van der Waals surface area contributed by atoms with E-state index < -0.39 is 11.5 Å². The summed E-state index contributed by atoms with van der Waals surface area (Å²) in [6.45, 7) is 6.57. The van der Waals surface area contributed by atoms with Gasteiger partial charge in [0.25, 0.3) is 0 Å². The number of aromatic nitrogens is 2. The van der Waals surface area contributed by atoms with Crippen LogP contribution in [0.5, 0.6) is 0 Å². The van der Waals surface area contributed by atoms with Gasteiger partial charge < -0.3 is 5.11 Å². The highest BCUT2D eigenvalue weighted by Gasteiger charge is 2.33. The molecule has 1 N–H and O–H groups in total. The molecular weight excluding hydrogens is 243 g/mol. The molecule has 2 aromatic rings. The largest absolute Gasteiger partial charge is 0.386 e. The molecule has 1 atom stereocenters. The van der Waals surface area contributed by atoms with Crippen molar-refractivity contribution in [2.75, 3.05) is 0 Å². The van der Waals surface area contributed by atoms with Crippen molar-refractivity contribution in [1.82, 2.24) is 9.78 Å². The first-order chi connectivity index (χ1) is 8.96. The average molecular weight is 262 g/mol. The van der Waals surface area contributed by atoms with Crippen molar-refractivity contribution >= 4 is 0 Å². The lowest BCUT2D eigenvalue weighted by molar-refractivity contribution is 0.0912. The molecule has 1 aromatic carbocycles. The van der Waals surface area contributed by atoms with Gasteiger partial charge in [-0.1, -0.05) is 26.0 Å². The molecule has 1 aromatic heterocycles. The molecule has 1 unspecified atom stereocenters. The van der Waals surface area contributed by atoms with Crippen molar-refractivity contribution < 1.29 is 9.50 Å². The second kappa shape index (κ2) is 5.13. The smallest absolute Gasteiger partial charge is 0.123 e. The molecule has 19 heavy (non-hydrogen) atoms. The molecule has 4 heteroatoms. The summed E-state index contributed by atoms with van der Waals surface area (Å²) in [6.07, 6.45) is 0.989. The quantitative estimate of drug-likeness (QED) is 0.919. The highest BCUT2D eigenvalue weighted by molar-refractivity contribution is 5.28. The average Bonchev–Trinajstić information content (AvgIpc) is 2.86. The van der Waals surface area contributed by atoms with E-state index in [0.717, 1.165) is 11.3 Å². The first kappa shape index (κ1) is 13.7. The third kappa shape index (κ3) is 2.54. The molecule has 0 saturated carbocycles. The Morgan fingerprint density at radius 1 is 1.26 bits per heavy atom. The number of aryl methyl sites for hydroxylation is 1. The van der Waals surface area contributed by atoms with Crippen molar-refractivity contribution in [2.45, 2.75) is 38.8 Å². The molecule has 0 aliphatic heterocycles. The van der Waals surface area contributed by atoms with Crippen molar-refractivity contribution in [1.29, 1.82) is 0 Å². The summed E-state index contributed by atoms with van der Waals surface area (Å²) >= 11 is 0. The van der Waals surface area contributed by atoms with Crippen molar-refractivity contribution in [2.24, 2.45) is 0 Å². The van der Waals surface area contributed by atoms with E-state index in [9.17, 15) is 9.50 Å². The normalized spacial score (nSPS) is 13.5. The van der Waals surface area contributed by atoms with Gasteiger partial charge >= 0.3 is 0 Å². The zero-order valence-corrected chi connectivity index (χ0v) is 11.5. The number of hydrogen-bond acceptors (Lipinski definition) is 2. The van der Waals surface area contributed by atoms with Crippen molar-refractivity contribution in [3.05, 3.63) is 53.6 Å². The molecule has 0 spiro atoms. The Morgan fingerprint density at radius 2 is 1.89 bits per heavy atom. The summed E-state index contributed by atoms with van der Waals surface area (Å²) in [5, 5.41) is 14.8. The number of benzene rings is 1. The van der Waals surface area contributed by atoms with Gasteiger partial charge in [-0.15, -0.1) is 0 Å². The van der Waals surface area contributed by atoms with Gasteiger partial charge in [0.05, 0.1) is 5.69 Å². The van der Waals surface area contributed by atoms with Crippen molar-refractivity contribution in [3.63, 3.8) is 0 Å². The molecular formula is C15H19FN2O. The minimum Gasteiger partial charge on any atom is -0.386 e. The number of halogens is 1. The Bertz CT molecular complexity index is 546. The molecule has 0 saturated heterocycles. The third-order valence-electron chi connectivity index (χ3n) is 3.60. The maximum atomic E-state index is 13.0. The lowest BCUT2D eigenvalue weighted by atomic mass is 9.78. The van der Waals surface area contributed by atoms with Gasteiger partial charge in [-0.05, 0) is 30.7 Å². The zero-order valence-electron chi connectivity index (χ0n) is 11.5. The van der Waals surface area contributed by atoms with Gasteiger partial charge in [-0.3, -0.25) is 4.68 Å². The van der Waals surface area contributed by atoms with Gasteiger partial charge in [-0.2, -0.15) is 5.10 Å². The fraction of sp³-hybridized carbons (Fsp3) is 0.400. The Labute approximate surface area is 112 Å². The summed E-state index contributed by atoms with van der Waals surface area (Å²) in [5.74, 6) is -0.271. The highest BCUT2D eigenvalue weighted by Crippen LogP contribution is 2.36. The minimum absolute atomic E-state index is 0.271. The molecule has 102 valence electrons. The van der Waals surface area contributed by atoms with E-state index in [1.54, 1.807) is 23.0 Å². The number of aliphatic hydroxyl groups is 1. The van der Waals surface area contributed by atoms with Gasteiger partial charge in [0.2, 0.25) is 0 Å². The minimum atomic E-state index is -0.694. The number of aliphatic hydroxyl groups excluding tert-OH is 1. The summed E-state index contributed by atoms with van der Waals surface area (Å²) in [5.41, 5.74) is 1.16. The first-order valence-electron chi connectivity index (χ1n) is 6.42. The monoisotopic (exact) mass is 262 g/mol. The van der Waals surface area contributed by atoms with Gasteiger partial charge in [0.1, 0.15) is 11.9 Å². The topological polar surface area (TPSA) is 38.0 Å². The lowest BCUT2D eigenvalue weighted by Crippen LogP contribution is -2.28. The molecule has 0 aliphatic carbocycles. The molecule has 3 nitrogen and oxygen atoms in total. The fourth-order valence-corrected chi connectivity index (χ4v) is 2.25. The molecule has 0 radical (unpaired) electrons. The molecule has 0 fully saturated rings. The van der Waals surface area contributed by atoms with Crippen molar-refractivity contribution in [3.8, 4) is 0 Å². The maximum absolute atomic E-state index is 13.0. The molecule has 0 amide bonds. The zero-order chi connectivity index (χ0) is 14.0. The second-order valence-electron chi connectivity index (χ2n) is 5.20. The van der Waals surface area contributed by atoms with E-state index in [0.29, 0.717) is 6.54 Å². The number of rotatable bonds is 4. The van der Waals surface area contributed by atoms with Gasteiger partial charge in [0, 0.05) is 18.2 Å². The van der Waals surface area contributed by atoms with E-state index in [2.05, 4.69) is 5.10 Å². The van der Waals surface area contributed by atoms with Crippen LogP contribution in [0, 0.1) is 5.82 Å². The number of nitrogens with zero attached hydrogens (tertiary/aromatic N) is 2. The van der Waals surface area contributed by atoms with Crippen LogP contribution in [0.1, 0.15) is 38.1 Å². The number of hydrogen-bond donors (Lipinski definition) is 1. The maximum Gasteiger partial charge on any atom is 0.123 e. The first-order valence-corrected chi connectivity index (χ1v) is 6.42. The lowest BCUT2D eigenvalue weighted by Gasteiger charge is -2.31. The van der Waals surface area contributed by atoms with Gasteiger partial charge in [-0.25, -0.2) is 4.39 Å².